The van der Waals surface area contributed by atoms with E-state index in [-0.39, 0.29) is 18.0 Å². The number of rotatable bonds is 11. The minimum Gasteiger partial charge on any atom is -0.354 e. The molecule has 36 heavy (non-hydrogen) atoms. The highest BCUT2D eigenvalue weighted by molar-refractivity contribution is 7.99. The molecule has 186 valence electrons. The van der Waals surface area contributed by atoms with E-state index in [1.807, 2.05) is 30.3 Å². The number of H-pyrrole nitrogens is 1. The minimum atomic E-state index is -3.95. The van der Waals surface area contributed by atoms with Gasteiger partial charge in [0.2, 0.25) is 21.1 Å². The molecule has 0 spiro atoms. The second kappa shape index (κ2) is 11.9. The molecule has 0 aliphatic carbocycles. The molecule has 0 bridgehead atoms. The lowest BCUT2D eigenvalue weighted by atomic mass is 10.2. The first-order valence-corrected chi connectivity index (χ1v) is 13.5. The first kappa shape index (κ1) is 25.5. The number of carbonyl (C=O) groups is 1. The van der Waals surface area contributed by atoms with Gasteiger partial charge >= 0.3 is 0 Å². The fourth-order valence-corrected chi connectivity index (χ4v) is 5.40. The van der Waals surface area contributed by atoms with Gasteiger partial charge in [-0.25, -0.2) is 17.8 Å². The Morgan fingerprint density at radius 2 is 1.64 bits per heavy atom. The number of aromatic amines is 1. The van der Waals surface area contributed by atoms with E-state index >= 15 is 0 Å². The number of aromatic nitrogens is 3. The van der Waals surface area contributed by atoms with Gasteiger partial charge in [-0.3, -0.25) is 9.89 Å². The van der Waals surface area contributed by atoms with Gasteiger partial charge in [-0.1, -0.05) is 72.4 Å². The van der Waals surface area contributed by atoms with Crippen molar-refractivity contribution >= 4 is 27.7 Å². The largest absolute Gasteiger partial charge is 0.354 e. The van der Waals surface area contributed by atoms with E-state index in [0.717, 1.165) is 9.87 Å². The topological polar surface area (TPSA) is 108 Å². The van der Waals surface area contributed by atoms with Crippen molar-refractivity contribution in [2.24, 2.45) is 0 Å². The average molecular weight is 526 g/mol. The summed E-state index contributed by atoms with van der Waals surface area (Å²) in [5.74, 6) is 0.289. The van der Waals surface area contributed by atoms with Crippen LogP contribution in [0.1, 0.15) is 5.56 Å². The number of benzene rings is 3. The predicted octanol–water partition coefficient (Wildman–Crippen LogP) is 3.71. The molecule has 1 heterocycles. The molecule has 0 atom stereocenters. The van der Waals surface area contributed by atoms with Crippen LogP contribution in [-0.4, -0.2) is 52.7 Å². The minimum absolute atomic E-state index is 0.0703. The molecule has 1 amide bonds. The summed E-state index contributed by atoms with van der Waals surface area (Å²) in [5.41, 5.74) is 1.49. The second-order valence-electron chi connectivity index (χ2n) is 7.74. The van der Waals surface area contributed by atoms with E-state index < -0.39 is 21.7 Å². The van der Waals surface area contributed by atoms with Gasteiger partial charge in [-0.15, -0.1) is 5.10 Å². The molecule has 0 fully saturated rings. The number of carbonyl (C=O) groups excluding carboxylic acids is 1. The molecule has 1 aromatic heterocycles. The van der Waals surface area contributed by atoms with Crippen molar-refractivity contribution in [3.05, 3.63) is 96.3 Å². The Kier molecular flexibility index (Phi) is 8.47. The van der Waals surface area contributed by atoms with Crippen molar-refractivity contribution in [2.75, 3.05) is 18.8 Å². The molecular weight excluding hydrogens is 501 g/mol. The van der Waals surface area contributed by atoms with Crippen molar-refractivity contribution in [2.45, 2.75) is 16.6 Å². The Labute approximate surface area is 213 Å². The molecule has 0 aliphatic rings. The quantitative estimate of drug-likeness (QED) is 0.228. The van der Waals surface area contributed by atoms with Gasteiger partial charge in [0.15, 0.2) is 5.82 Å². The van der Waals surface area contributed by atoms with Gasteiger partial charge in [0.05, 0.1) is 11.4 Å². The van der Waals surface area contributed by atoms with Gasteiger partial charge < -0.3 is 5.32 Å². The smallest absolute Gasteiger partial charge is 0.243 e. The molecule has 4 aromatic rings. The van der Waals surface area contributed by atoms with Gasteiger partial charge in [0, 0.05) is 24.4 Å². The number of hydrogen-bond acceptors (Lipinski definition) is 6. The highest BCUT2D eigenvalue weighted by atomic mass is 32.2. The van der Waals surface area contributed by atoms with E-state index in [1.54, 1.807) is 18.2 Å². The molecule has 0 aliphatic heterocycles. The molecule has 0 unspecified atom stereocenters. The number of sulfonamides is 1. The van der Waals surface area contributed by atoms with E-state index in [2.05, 4.69) is 20.5 Å². The average Bonchev–Trinajstić information content (AvgIpc) is 3.37. The van der Waals surface area contributed by atoms with Crippen molar-refractivity contribution in [3.8, 4) is 11.4 Å². The monoisotopic (exact) mass is 525 g/mol. The molecule has 0 saturated carbocycles. The fourth-order valence-electron chi connectivity index (χ4n) is 3.35. The fraction of sp³-hybridized carbons (Fsp3) is 0.160. The molecule has 0 saturated heterocycles. The van der Waals surface area contributed by atoms with Crippen molar-refractivity contribution in [3.63, 3.8) is 0 Å². The molecule has 4 rings (SSSR count). The summed E-state index contributed by atoms with van der Waals surface area (Å²) in [5, 5.41) is 10.4. The van der Waals surface area contributed by atoms with Crippen LogP contribution in [0.2, 0.25) is 0 Å². The Morgan fingerprint density at radius 3 is 2.33 bits per heavy atom. The zero-order valence-electron chi connectivity index (χ0n) is 19.2. The number of hydrogen-bond donors (Lipinski definition) is 2. The summed E-state index contributed by atoms with van der Waals surface area (Å²) in [7, 11) is -3.95. The van der Waals surface area contributed by atoms with Crippen LogP contribution in [0.5, 0.6) is 0 Å². The van der Waals surface area contributed by atoms with Crippen molar-refractivity contribution in [1.82, 2.24) is 24.8 Å². The predicted molar refractivity (Wildman–Crippen MR) is 136 cm³/mol. The normalized spacial score (nSPS) is 11.5. The van der Waals surface area contributed by atoms with Gasteiger partial charge in [-0.2, -0.15) is 4.31 Å². The third-order valence-corrected chi connectivity index (χ3v) is 7.80. The number of amides is 1. The lowest BCUT2D eigenvalue weighted by Gasteiger charge is -2.22. The maximum Gasteiger partial charge on any atom is 0.243 e. The Balaban J connectivity index is 1.35. The van der Waals surface area contributed by atoms with Gasteiger partial charge in [0.25, 0.3) is 0 Å². The van der Waals surface area contributed by atoms with E-state index in [1.165, 1.54) is 48.2 Å². The highest BCUT2D eigenvalue weighted by Gasteiger charge is 2.26. The number of halogens is 1. The number of nitrogens with zero attached hydrogens (tertiary/aromatic N) is 3. The van der Waals surface area contributed by atoms with Crippen molar-refractivity contribution < 1.29 is 17.6 Å². The summed E-state index contributed by atoms with van der Waals surface area (Å²) in [6, 6.07) is 23.0. The van der Waals surface area contributed by atoms with E-state index in [4.69, 9.17) is 0 Å². The van der Waals surface area contributed by atoms with Gasteiger partial charge in [-0.05, 0) is 29.8 Å². The number of thioether (sulfide) groups is 1. The van der Waals surface area contributed by atoms with Crippen LogP contribution in [0.25, 0.3) is 11.4 Å². The van der Waals surface area contributed by atoms with Crippen LogP contribution in [0.4, 0.5) is 4.39 Å². The van der Waals surface area contributed by atoms with E-state index in [9.17, 15) is 17.6 Å². The van der Waals surface area contributed by atoms with Crippen LogP contribution in [0.3, 0.4) is 0 Å². The molecule has 3 aromatic carbocycles. The lowest BCUT2D eigenvalue weighted by molar-refractivity contribution is -0.121. The SMILES string of the molecule is O=C(CN(Cc1ccc(F)cc1)S(=O)(=O)c1ccccc1)NCCSc1n[nH]c(-c2ccccc2)n1. The maximum atomic E-state index is 13.3. The standard InChI is InChI=1S/C25H24FN5O3S2/c26-21-13-11-19(12-14-21)17-31(36(33,34)22-9-5-2-6-10-22)18-23(32)27-15-16-35-25-28-24(29-30-25)20-7-3-1-4-8-20/h1-14H,15-18H2,(H,27,32)(H,28,29,30). The summed E-state index contributed by atoms with van der Waals surface area (Å²) >= 11 is 1.37. The Morgan fingerprint density at radius 1 is 0.972 bits per heavy atom. The van der Waals surface area contributed by atoms with Gasteiger partial charge in [0.1, 0.15) is 5.82 Å². The molecule has 11 heteroatoms. The molecule has 0 radical (unpaired) electrons. The molecule has 2 N–H and O–H groups in total. The van der Waals surface area contributed by atoms with Crippen LogP contribution in [0.15, 0.2) is 95.0 Å². The highest BCUT2D eigenvalue weighted by Crippen LogP contribution is 2.20. The molecule has 8 nitrogen and oxygen atoms in total. The first-order valence-electron chi connectivity index (χ1n) is 11.1. The third kappa shape index (κ3) is 6.78. The second-order valence-corrected chi connectivity index (χ2v) is 10.7. The van der Waals surface area contributed by atoms with Crippen LogP contribution in [-0.2, 0) is 21.4 Å². The third-order valence-electron chi connectivity index (χ3n) is 5.14. The molecular formula is C25H24FN5O3S2. The first-order chi connectivity index (χ1) is 17.4. The Bertz CT molecular complexity index is 1380. The summed E-state index contributed by atoms with van der Waals surface area (Å²) in [6.07, 6.45) is 0. The summed E-state index contributed by atoms with van der Waals surface area (Å²) < 4.78 is 40.8. The summed E-state index contributed by atoms with van der Waals surface area (Å²) in [6.45, 7) is -0.147. The zero-order chi connectivity index (χ0) is 25.4. The van der Waals surface area contributed by atoms with Crippen molar-refractivity contribution in [1.29, 1.82) is 0 Å². The van der Waals surface area contributed by atoms with Crippen LogP contribution >= 0.6 is 11.8 Å². The van der Waals surface area contributed by atoms with E-state index in [0.29, 0.717) is 28.8 Å². The van der Waals surface area contributed by atoms with Crippen LogP contribution < -0.4 is 5.32 Å². The maximum absolute atomic E-state index is 13.3. The zero-order valence-corrected chi connectivity index (χ0v) is 20.8. The summed E-state index contributed by atoms with van der Waals surface area (Å²) in [4.78, 5) is 17.2. The lowest BCUT2D eigenvalue weighted by Crippen LogP contribution is -2.40. The number of nitrogens with one attached hydrogen (secondary N) is 2. The van der Waals surface area contributed by atoms with Crippen LogP contribution in [0, 0.1) is 5.82 Å². The Hall–Kier alpha value is -3.54.